The third kappa shape index (κ3) is 1.84. The molecule has 0 saturated carbocycles. The van der Waals surface area contributed by atoms with Crippen molar-refractivity contribution in [3.05, 3.63) is 11.1 Å². The molecule has 1 unspecified atom stereocenters. The first-order chi connectivity index (χ1) is 6.07. The lowest BCUT2D eigenvalue weighted by Crippen LogP contribution is -2.29. The zero-order valence-electron chi connectivity index (χ0n) is 7.95. The minimum absolute atomic E-state index is 0.528. The number of anilines is 1. The van der Waals surface area contributed by atoms with Crippen molar-refractivity contribution in [1.82, 2.24) is 4.98 Å². The van der Waals surface area contributed by atoms with Crippen molar-refractivity contribution in [1.29, 1.82) is 0 Å². The molecule has 1 N–H and O–H groups in total. The molecule has 13 heavy (non-hydrogen) atoms. The van der Waals surface area contributed by atoms with Crippen molar-refractivity contribution >= 4 is 16.5 Å². The maximum atomic E-state index is 9.77. The monoisotopic (exact) mass is 198 g/mol. The van der Waals surface area contributed by atoms with Crippen LogP contribution in [0.25, 0.3) is 0 Å². The van der Waals surface area contributed by atoms with Crippen LogP contribution in [0.5, 0.6) is 0 Å². The lowest BCUT2D eigenvalue weighted by molar-refractivity contribution is 0.0839. The van der Waals surface area contributed by atoms with Crippen molar-refractivity contribution < 1.29 is 5.11 Å². The van der Waals surface area contributed by atoms with E-state index in [2.05, 4.69) is 9.88 Å². The fourth-order valence-corrected chi connectivity index (χ4v) is 2.43. The molecule has 0 amide bonds. The Morgan fingerprint density at radius 1 is 1.69 bits per heavy atom. The second-order valence-electron chi connectivity index (χ2n) is 3.94. The minimum Gasteiger partial charge on any atom is -0.388 e. The Balaban J connectivity index is 2.12. The summed E-state index contributed by atoms with van der Waals surface area (Å²) in [5, 5.41) is 12.8. The molecule has 0 spiro atoms. The average Bonchev–Trinajstić information content (AvgIpc) is 2.56. The molecule has 2 heterocycles. The van der Waals surface area contributed by atoms with Crippen LogP contribution in [0.2, 0.25) is 0 Å². The predicted octanol–water partition coefficient (Wildman–Crippen LogP) is 1.41. The van der Waals surface area contributed by atoms with Crippen LogP contribution in [-0.2, 0) is 0 Å². The van der Waals surface area contributed by atoms with E-state index in [-0.39, 0.29) is 0 Å². The molecular weight excluding hydrogens is 184 g/mol. The van der Waals surface area contributed by atoms with Gasteiger partial charge in [-0.15, -0.1) is 11.3 Å². The first kappa shape index (κ1) is 8.97. The second-order valence-corrected chi connectivity index (χ2v) is 4.78. The van der Waals surface area contributed by atoms with Gasteiger partial charge in [0.15, 0.2) is 5.13 Å². The molecule has 4 heteroatoms. The van der Waals surface area contributed by atoms with E-state index in [9.17, 15) is 5.11 Å². The Labute approximate surface area is 82.0 Å². The summed E-state index contributed by atoms with van der Waals surface area (Å²) >= 11 is 1.65. The van der Waals surface area contributed by atoms with E-state index in [0.717, 1.165) is 23.8 Å². The van der Waals surface area contributed by atoms with E-state index < -0.39 is 5.60 Å². The summed E-state index contributed by atoms with van der Waals surface area (Å²) in [7, 11) is 0. The quantitative estimate of drug-likeness (QED) is 0.741. The van der Waals surface area contributed by atoms with E-state index in [0.29, 0.717) is 6.54 Å². The Bertz CT molecular complexity index is 308. The van der Waals surface area contributed by atoms with Crippen LogP contribution < -0.4 is 4.90 Å². The van der Waals surface area contributed by atoms with Crippen LogP contribution in [-0.4, -0.2) is 28.8 Å². The van der Waals surface area contributed by atoms with Gasteiger partial charge in [0.05, 0.1) is 11.3 Å². The minimum atomic E-state index is -0.528. The number of thiazole rings is 1. The lowest BCUT2D eigenvalue weighted by atomic mass is 10.1. The van der Waals surface area contributed by atoms with Gasteiger partial charge in [0, 0.05) is 18.5 Å². The van der Waals surface area contributed by atoms with Crippen molar-refractivity contribution in [2.24, 2.45) is 0 Å². The standard InChI is InChI=1S/C9H14N2OS/c1-7-5-13-8(10-7)11-4-3-9(2,12)6-11/h5,12H,3-4,6H2,1-2H3. The summed E-state index contributed by atoms with van der Waals surface area (Å²) in [4.78, 5) is 6.54. The molecule has 3 nitrogen and oxygen atoms in total. The second kappa shape index (κ2) is 2.96. The van der Waals surface area contributed by atoms with Gasteiger partial charge < -0.3 is 10.0 Å². The highest BCUT2D eigenvalue weighted by molar-refractivity contribution is 7.13. The summed E-state index contributed by atoms with van der Waals surface area (Å²) < 4.78 is 0. The Morgan fingerprint density at radius 3 is 2.92 bits per heavy atom. The van der Waals surface area contributed by atoms with Gasteiger partial charge in [-0.2, -0.15) is 0 Å². The van der Waals surface area contributed by atoms with Gasteiger partial charge in [-0.1, -0.05) is 0 Å². The Kier molecular flexibility index (Phi) is 2.04. The van der Waals surface area contributed by atoms with Gasteiger partial charge in [0.2, 0.25) is 0 Å². The Morgan fingerprint density at radius 2 is 2.46 bits per heavy atom. The van der Waals surface area contributed by atoms with Crippen LogP contribution in [0.1, 0.15) is 19.0 Å². The average molecular weight is 198 g/mol. The van der Waals surface area contributed by atoms with Crippen LogP contribution in [0, 0.1) is 6.92 Å². The van der Waals surface area contributed by atoms with Gasteiger partial charge in [-0.05, 0) is 20.3 Å². The van der Waals surface area contributed by atoms with Crippen molar-refractivity contribution in [2.45, 2.75) is 25.9 Å². The Hall–Kier alpha value is -0.610. The first-order valence-corrected chi connectivity index (χ1v) is 5.34. The van der Waals surface area contributed by atoms with Crippen molar-refractivity contribution in [3.8, 4) is 0 Å². The molecule has 1 aliphatic rings. The predicted molar refractivity (Wildman–Crippen MR) is 54.3 cm³/mol. The molecule has 1 atom stereocenters. The van der Waals surface area contributed by atoms with Crippen LogP contribution in [0.4, 0.5) is 5.13 Å². The smallest absolute Gasteiger partial charge is 0.185 e. The first-order valence-electron chi connectivity index (χ1n) is 4.46. The lowest BCUT2D eigenvalue weighted by Gasteiger charge is -2.17. The molecule has 72 valence electrons. The molecule has 0 radical (unpaired) electrons. The summed E-state index contributed by atoms with van der Waals surface area (Å²) in [5.41, 5.74) is 0.533. The van der Waals surface area contributed by atoms with Crippen LogP contribution in [0.15, 0.2) is 5.38 Å². The van der Waals surface area contributed by atoms with E-state index in [1.807, 2.05) is 19.2 Å². The molecule has 2 rings (SSSR count). The largest absolute Gasteiger partial charge is 0.388 e. The molecule has 1 aromatic heterocycles. The topological polar surface area (TPSA) is 36.4 Å². The summed E-state index contributed by atoms with van der Waals surface area (Å²) in [6.45, 7) is 5.50. The summed E-state index contributed by atoms with van der Waals surface area (Å²) in [6.07, 6.45) is 0.839. The fraction of sp³-hybridized carbons (Fsp3) is 0.667. The molecule has 0 bridgehead atoms. The molecule has 0 aromatic carbocycles. The maximum absolute atomic E-state index is 9.77. The highest BCUT2D eigenvalue weighted by Crippen LogP contribution is 2.28. The molecule has 0 aliphatic carbocycles. The molecular formula is C9H14N2OS. The van der Waals surface area contributed by atoms with E-state index in [1.54, 1.807) is 11.3 Å². The van der Waals surface area contributed by atoms with E-state index in [1.165, 1.54) is 0 Å². The molecule has 1 saturated heterocycles. The summed E-state index contributed by atoms with van der Waals surface area (Å²) in [6, 6.07) is 0. The SMILES string of the molecule is Cc1csc(N2CCC(C)(O)C2)n1. The molecule has 1 fully saturated rings. The van der Waals surface area contributed by atoms with E-state index in [4.69, 9.17) is 0 Å². The number of β-amino-alcohol motifs (C(OH)–C–C–N with tert-alkyl or cyclic N) is 1. The number of hydrogen-bond acceptors (Lipinski definition) is 4. The number of aromatic nitrogens is 1. The van der Waals surface area contributed by atoms with Gasteiger partial charge in [0.25, 0.3) is 0 Å². The van der Waals surface area contributed by atoms with Crippen LogP contribution in [0.3, 0.4) is 0 Å². The third-order valence-corrected chi connectivity index (χ3v) is 3.35. The summed E-state index contributed by atoms with van der Waals surface area (Å²) in [5.74, 6) is 0. The van der Waals surface area contributed by atoms with Crippen molar-refractivity contribution in [3.63, 3.8) is 0 Å². The third-order valence-electron chi connectivity index (χ3n) is 2.33. The highest BCUT2D eigenvalue weighted by atomic mass is 32.1. The van der Waals surface area contributed by atoms with Gasteiger partial charge in [-0.25, -0.2) is 4.98 Å². The highest BCUT2D eigenvalue weighted by Gasteiger charge is 2.32. The molecule has 1 aliphatic heterocycles. The van der Waals surface area contributed by atoms with E-state index >= 15 is 0 Å². The maximum Gasteiger partial charge on any atom is 0.185 e. The van der Waals surface area contributed by atoms with Crippen LogP contribution >= 0.6 is 11.3 Å². The fourth-order valence-electron chi connectivity index (χ4n) is 1.60. The number of hydrogen-bond donors (Lipinski definition) is 1. The van der Waals surface area contributed by atoms with Gasteiger partial charge in [0.1, 0.15) is 0 Å². The normalized spacial score (nSPS) is 28.4. The zero-order valence-corrected chi connectivity index (χ0v) is 8.77. The number of rotatable bonds is 1. The van der Waals surface area contributed by atoms with Gasteiger partial charge >= 0.3 is 0 Å². The number of aryl methyl sites for hydroxylation is 1. The number of nitrogens with zero attached hydrogens (tertiary/aromatic N) is 2. The molecule has 1 aromatic rings. The van der Waals surface area contributed by atoms with Gasteiger partial charge in [-0.3, -0.25) is 0 Å². The zero-order chi connectivity index (χ0) is 9.47. The number of aliphatic hydroxyl groups is 1. The van der Waals surface area contributed by atoms with Crippen molar-refractivity contribution in [2.75, 3.05) is 18.0 Å².